The van der Waals surface area contributed by atoms with Gasteiger partial charge in [-0.2, -0.15) is 0 Å². The van der Waals surface area contributed by atoms with E-state index in [0.717, 1.165) is 18.4 Å². The van der Waals surface area contributed by atoms with Gasteiger partial charge in [0.05, 0.1) is 13.2 Å². The highest BCUT2D eigenvalue weighted by Crippen LogP contribution is 2.22. The molecule has 0 bridgehead atoms. The molecule has 82 valence electrons. The van der Waals surface area contributed by atoms with Gasteiger partial charge in [-0.1, -0.05) is 6.07 Å². The van der Waals surface area contributed by atoms with Crippen molar-refractivity contribution in [2.24, 2.45) is 0 Å². The molecule has 1 aliphatic rings. The van der Waals surface area contributed by atoms with Crippen LogP contribution in [0.15, 0.2) is 18.2 Å². The number of hydrogen-bond acceptors (Lipinski definition) is 2. The molecule has 1 aliphatic heterocycles. The van der Waals surface area contributed by atoms with Crippen molar-refractivity contribution in [3.05, 3.63) is 29.6 Å². The first-order chi connectivity index (χ1) is 7.25. The average molecular weight is 210 g/mol. The van der Waals surface area contributed by atoms with Gasteiger partial charge in [-0.3, -0.25) is 0 Å². The van der Waals surface area contributed by atoms with E-state index in [9.17, 15) is 4.39 Å². The summed E-state index contributed by atoms with van der Waals surface area (Å²) in [4.78, 5) is 0. The van der Waals surface area contributed by atoms with E-state index < -0.39 is 0 Å². The molecular formula is C12H15FO2. The summed E-state index contributed by atoms with van der Waals surface area (Å²) in [7, 11) is 0. The highest BCUT2D eigenvalue weighted by molar-refractivity contribution is 5.29. The standard InChI is InChI=1S/C12H15FO2/c1-9-2-3-11(13)12(8-9)15-10-4-6-14-7-5-10/h2-3,8,10H,4-7H2,1H3. The van der Waals surface area contributed by atoms with Crippen LogP contribution in [0.2, 0.25) is 0 Å². The van der Waals surface area contributed by atoms with Crippen LogP contribution in [-0.2, 0) is 4.74 Å². The lowest BCUT2D eigenvalue weighted by atomic mass is 10.1. The monoisotopic (exact) mass is 210 g/mol. The highest BCUT2D eigenvalue weighted by atomic mass is 19.1. The van der Waals surface area contributed by atoms with Crippen molar-refractivity contribution < 1.29 is 13.9 Å². The Balaban J connectivity index is 2.05. The predicted octanol–water partition coefficient (Wildman–Crippen LogP) is 2.69. The molecule has 0 saturated carbocycles. The van der Waals surface area contributed by atoms with E-state index in [2.05, 4.69) is 0 Å². The molecule has 0 N–H and O–H groups in total. The molecule has 0 amide bonds. The lowest BCUT2D eigenvalue weighted by Crippen LogP contribution is -2.26. The van der Waals surface area contributed by atoms with Crippen molar-refractivity contribution in [2.45, 2.75) is 25.9 Å². The summed E-state index contributed by atoms with van der Waals surface area (Å²) in [5.74, 6) is 0.0778. The molecule has 0 radical (unpaired) electrons. The molecular weight excluding hydrogens is 195 g/mol. The molecule has 0 aliphatic carbocycles. The van der Waals surface area contributed by atoms with Crippen LogP contribution < -0.4 is 4.74 Å². The number of aryl methyl sites for hydroxylation is 1. The largest absolute Gasteiger partial charge is 0.487 e. The van der Waals surface area contributed by atoms with E-state index in [1.807, 2.05) is 6.92 Å². The van der Waals surface area contributed by atoms with E-state index in [1.165, 1.54) is 6.07 Å². The summed E-state index contributed by atoms with van der Waals surface area (Å²) < 4.78 is 24.2. The molecule has 0 spiro atoms. The Morgan fingerprint density at radius 1 is 1.33 bits per heavy atom. The number of ether oxygens (including phenoxy) is 2. The van der Waals surface area contributed by atoms with Crippen molar-refractivity contribution in [3.8, 4) is 5.75 Å². The van der Waals surface area contributed by atoms with Crippen molar-refractivity contribution in [2.75, 3.05) is 13.2 Å². The van der Waals surface area contributed by atoms with Gasteiger partial charge in [-0.05, 0) is 24.6 Å². The van der Waals surface area contributed by atoms with E-state index in [4.69, 9.17) is 9.47 Å². The fraction of sp³-hybridized carbons (Fsp3) is 0.500. The van der Waals surface area contributed by atoms with Crippen LogP contribution >= 0.6 is 0 Å². The number of halogens is 1. The Morgan fingerprint density at radius 2 is 2.07 bits per heavy atom. The van der Waals surface area contributed by atoms with Crippen molar-refractivity contribution in [3.63, 3.8) is 0 Å². The summed E-state index contributed by atoms with van der Waals surface area (Å²) in [6.45, 7) is 3.34. The smallest absolute Gasteiger partial charge is 0.165 e. The average Bonchev–Trinajstić information content (AvgIpc) is 2.25. The first kappa shape index (κ1) is 10.4. The Morgan fingerprint density at radius 3 is 2.80 bits per heavy atom. The van der Waals surface area contributed by atoms with E-state index in [-0.39, 0.29) is 11.9 Å². The maximum absolute atomic E-state index is 13.4. The molecule has 1 aromatic carbocycles. The minimum absolute atomic E-state index is 0.0926. The Bertz CT molecular complexity index is 332. The molecule has 2 nitrogen and oxygen atoms in total. The van der Waals surface area contributed by atoms with Gasteiger partial charge in [0, 0.05) is 12.8 Å². The van der Waals surface area contributed by atoms with Crippen molar-refractivity contribution in [1.29, 1.82) is 0 Å². The third kappa shape index (κ3) is 2.69. The number of benzene rings is 1. The van der Waals surface area contributed by atoms with Gasteiger partial charge in [0.15, 0.2) is 11.6 Å². The fourth-order valence-electron chi connectivity index (χ4n) is 1.67. The van der Waals surface area contributed by atoms with Gasteiger partial charge in [0.2, 0.25) is 0 Å². The molecule has 3 heteroatoms. The van der Waals surface area contributed by atoms with Crippen LogP contribution in [0.1, 0.15) is 18.4 Å². The van der Waals surface area contributed by atoms with E-state index in [0.29, 0.717) is 19.0 Å². The van der Waals surface area contributed by atoms with E-state index in [1.54, 1.807) is 12.1 Å². The van der Waals surface area contributed by atoms with E-state index >= 15 is 0 Å². The SMILES string of the molecule is Cc1ccc(F)c(OC2CCOCC2)c1. The highest BCUT2D eigenvalue weighted by Gasteiger charge is 2.16. The minimum atomic E-state index is -0.285. The van der Waals surface area contributed by atoms with Crippen LogP contribution in [0, 0.1) is 12.7 Å². The van der Waals surface area contributed by atoms with Crippen molar-refractivity contribution >= 4 is 0 Å². The Hall–Kier alpha value is -1.09. The molecule has 1 fully saturated rings. The maximum atomic E-state index is 13.4. The molecule has 0 unspecified atom stereocenters. The quantitative estimate of drug-likeness (QED) is 0.747. The molecule has 1 aromatic rings. The van der Waals surface area contributed by atoms with Crippen LogP contribution in [0.3, 0.4) is 0 Å². The zero-order valence-electron chi connectivity index (χ0n) is 8.83. The second kappa shape index (κ2) is 4.62. The Labute approximate surface area is 89.0 Å². The van der Waals surface area contributed by atoms with Crippen molar-refractivity contribution in [1.82, 2.24) is 0 Å². The minimum Gasteiger partial charge on any atom is -0.487 e. The van der Waals surface area contributed by atoms with Gasteiger partial charge in [0.25, 0.3) is 0 Å². The van der Waals surface area contributed by atoms with Crippen LogP contribution in [0.25, 0.3) is 0 Å². The van der Waals surface area contributed by atoms with Gasteiger partial charge in [-0.25, -0.2) is 4.39 Å². The molecule has 0 atom stereocenters. The summed E-state index contributed by atoms with van der Waals surface area (Å²) in [5, 5.41) is 0. The molecule has 2 rings (SSSR count). The molecule has 0 aromatic heterocycles. The molecule has 15 heavy (non-hydrogen) atoms. The summed E-state index contributed by atoms with van der Waals surface area (Å²) in [6.07, 6.45) is 1.77. The lowest BCUT2D eigenvalue weighted by Gasteiger charge is -2.23. The topological polar surface area (TPSA) is 18.5 Å². The first-order valence-corrected chi connectivity index (χ1v) is 5.26. The summed E-state index contributed by atoms with van der Waals surface area (Å²) >= 11 is 0. The third-order valence-electron chi connectivity index (χ3n) is 2.55. The Kier molecular flexibility index (Phi) is 3.21. The van der Waals surface area contributed by atoms with Gasteiger partial charge in [-0.15, -0.1) is 0 Å². The summed E-state index contributed by atoms with van der Waals surface area (Å²) in [6, 6.07) is 4.93. The van der Waals surface area contributed by atoms with Gasteiger partial charge in [0.1, 0.15) is 6.10 Å². The third-order valence-corrected chi connectivity index (χ3v) is 2.55. The summed E-state index contributed by atoms with van der Waals surface area (Å²) in [5.41, 5.74) is 1.01. The van der Waals surface area contributed by atoms with Crippen LogP contribution in [0.5, 0.6) is 5.75 Å². The molecule has 1 heterocycles. The lowest BCUT2D eigenvalue weighted by molar-refractivity contribution is 0.0240. The number of rotatable bonds is 2. The zero-order chi connectivity index (χ0) is 10.7. The van der Waals surface area contributed by atoms with Crippen LogP contribution in [-0.4, -0.2) is 19.3 Å². The zero-order valence-corrected chi connectivity index (χ0v) is 8.83. The number of hydrogen-bond donors (Lipinski definition) is 0. The fourth-order valence-corrected chi connectivity index (χ4v) is 1.67. The first-order valence-electron chi connectivity index (χ1n) is 5.26. The maximum Gasteiger partial charge on any atom is 0.165 e. The van der Waals surface area contributed by atoms with Gasteiger partial charge < -0.3 is 9.47 Å². The normalized spacial score (nSPS) is 17.7. The second-order valence-electron chi connectivity index (χ2n) is 3.86. The molecule has 1 saturated heterocycles. The predicted molar refractivity (Wildman–Crippen MR) is 55.6 cm³/mol. The van der Waals surface area contributed by atoms with Crippen LogP contribution in [0.4, 0.5) is 4.39 Å². The second-order valence-corrected chi connectivity index (χ2v) is 3.86. The van der Waals surface area contributed by atoms with Gasteiger partial charge >= 0.3 is 0 Å².